The zero-order valence-corrected chi connectivity index (χ0v) is 16.6. The van der Waals surface area contributed by atoms with Crippen LogP contribution in [0.1, 0.15) is 57.6 Å². The van der Waals surface area contributed by atoms with Crippen LogP contribution in [0.5, 0.6) is 0 Å². The highest BCUT2D eigenvalue weighted by Gasteiger charge is 2.30. The van der Waals surface area contributed by atoms with Crippen LogP contribution in [0.2, 0.25) is 0 Å². The molecule has 27 heavy (non-hydrogen) atoms. The van der Waals surface area contributed by atoms with Gasteiger partial charge in [0.05, 0.1) is 18.3 Å². The fourth-order valence-electron chi connectivity index (χ4n) is 3.76. The summed E-state index contributed by atoms with van der Waals surface area (Å²) in [5.41, 5.74) is 4.06. The number of likely N-dealkylation sites (tertiary alicyclic amines) is 1. The second kappa shape index (κ2) is 7.64. The van der Waals surface area contributed by atoms with Crippen LogP contribution in [0.25, 0.3) is 0 Å². The molecule has 1 amide bonds. The topological polar surface area (TPSA) is 51.0 Å². The van der Waals surface area contributed by atoms with Gasteiger partial charge in [-0.25, -0.2) is 4.98 Å². The minimum atomic E-state index is 0.104. The summed E-state index contributed by atoms with van der Waals surface area (Å²) < 4.78 is 2.00. The Kier molecular flexibility index (Phi) is 5.07. The highest BCUT2D eigenvalue weighted by Crippen LogP contribution is 2.33. The molecule has 1 aliphatic heterocycles. The number of hydrogen-bond donors (Lipinski definition) is 0. The summed E-state index contributed by atoms with van der Waals surface area (Å²) in [5, 5.41) is 7.54. The van der Waals surface area contributed by atoms with E-state index in [4.69, 9.17) is 0 Å². The van der Waals surface area contributed by atoms with Gasteiger partial charge in [0.1, 0.15) is 5.01 Å². The zero-order valence-electron chi connectivity index (χ0n) is 15.8. The van der Waals surface area contributed by atoms with E-state index in [2.05, 4.69) is 23.1 Å². The summed E-state index contributed by atoms with van der Waals surface area (Å²) >= 11 is 1.64. The normalized spacial score (nSPS) is 17.3. The van der Waals surface area contributed by atoms with Gasteiger partial charge in [-0.05, 0) is 56.9 Å². The van der Waals surface area contributed by atoms with Gasteiger partial charge in [0.15, 0.2) is 0 Å². The summed E-state index contributed by atoms with van der Waals surface area (Å²) in [6.07, 6.45) is 5.03. The fourth-order valence-corrected chi connectivity index (χ4v) is 4.54. The minimum Gasteiger partial charge on any atom is -0.329 e. The van der Waals surface area contributed by atoms with Gasteiger partial charge in [-0.1, -0.05) is 12.1 Å². The van der Waals surface area contributed by atoms with Gasteiger partial charge in [-0.15, -0.1) is 11.3 Å². The smallest absolute Gasteiger partial charge is 0.254 e. The SMILES string of the molecule is Cc1cc(C)n(Cc2ccc(C(=O)N3CCCC[C@H]3c3nccs3)cc2)n1. The van der Waals surface area contributed by atoms with Crippen molar-refractivity contribution in [3.63, 3.8) is 0 Å². The van der Waals surface area contributed by atoms with Gasteiger partial charge >= 0.3 is 0 Å². The first-order valence-corrected chi connectivity index (χ1v) is 10.3. The predicted octanol–water partition coefficient (Wildman–Crippen LogP) is 4.37. The molecule has 3 aromatic rings. The number of hydrogen-bond acceptors (Lipinski definition) is 4. The summed E-state index contributed by atoms with van der Waals surface area (Å²) in [5.74, 6) is 0.104. The maximum atomic E-state index is 13.1. The van der Waals surface area contributed by atoms with Gasteiger partial charge in [0, 0.05) is 29.4 Å². The van der Waals surface area contributed by atoms with Crippen LogP contribution in [-0.2, 0) is 6.54 Å². The van der Waals surface area contributed by atoms with Gasteiger partial charge in [-0.3, -0.25) is 9.48 Å². The lowest BCUT2D eigenvalue weighted by atomic mass is 10.0. The van der Waals surface area contributed by atoms with Crippen molar-refractivity contribution in [2.75, 3.05) is 6.54 Å². The zero-order chi connectivity index (χ0) is 18.8. The molecule has 6 heteroatoms. The van der Waals surface area contributed by atoms with Crippen LogP contribution in [0.4, 0.5) is 0 Å². The molecule has 5 nitrogen and oxygen atoms in total. The molecule has 2 aromatic heterocycles. The number of amides is 1. The first kappa shape index (κ1) is 17.9. The first-order chi connectivity index (χ1) is 13.1. The number of nitrogens with zero attached hydrogens (tertiary/aromatic N) is 4. The van der Waals surface area contributed by atoms with Crippen molar-refractivity contribution in [1.82, 2.24) is 19.7 Å². The van der Waals surface area contributed by atoms with Gasteiger partial charge in [-0.2, -0.15) is 5.10 Å². The molecule has 0 N–H and O–H groups in total. The minimum absolute atomic E-state index is 0.104. The maximum Gasteiger partial charge on any atom is 0.254 e. The molecule has 1 fully saturated rings. The largest absolute Gasteiger partial charge is 0.329 e. The van der Waals surface area contributed by atoms with E-state index in [1.807, 2.05) is 52.3 Å². The molecule has 1 aromatic carbocycles. The van der Waals surface area contributed by atoms with E-state index in [0.29, 0.717) is 0 Å². The molecule has 1 aliphatic rings. The molecular weight excluding hydrogens is 356 g/mol. The second-order valence-corrected chi connectivity index (χ2v) is 8.09. The molecule has 0 bridgehead atoms. The van der Waals surface area contributed by atoms with Crippen molar-refractivity contribution in [1.29, 1.82) is 0 Å². The summed E-state index contributed by atoms with van der Waals surface area (Å²) in [6, 6.07) is 10.1. The van der Waals surface area contributed by atoms with E-state index < -0.39 is 0 Å². The molecule has 0 saturated carbocycles. The van der Waals surface area contributed by atoms with Crippen molar-refractivity contribution >= 4 is 17.2 Å². The molecule has 0 radical (unpaired) electrons. The number of carbonyl (C=O) groups excluding carboxylic acids is 1. The van der Waals surface area contributed by atoms with E-state index in [-0.39, 0.29) is 11.9 Å². The third kappa shape index (κ3) is 3.81. The quantitative estimate of drug-likeness (QED) is 0.675. The van der Waals surface area contributed by atoms with E-state index in [1.165, 1.54) is 0 Å². The lowest BCUT2D eigenvalue weighted by Crippen LogP contribution is -2.38. The average molecular weight is 381 g/mol. The van der Waals surface area contributed by atoms with E-state index in [9.17, 15) is 4.79 Å². The molecule has 0 unspecified atom stereocenters. The summed E-state index contributed by atoms with van der Waals surface area (Å²) in [6.45, 7) is 5.59. The number of benzene rings is 1. The third-order valence-corrected chi connectivity index (χ3v) is 6.01. The summed E-state index contributed by atoms with van der Waals surface area (Å²) in [4.78, 5) is 19.6. The fraction of sp³-hybridized carbons (Fsp3) is 0.381. The number of carbonyl (C=O) groups is 1. The van der Waals surface area contributed by atoms with E-state index in [0.717, 1.165) is 59.9 Å². The van der Waals surface area contributed by atoms with Gasteiger partial charge in [0.2, 0.25) is 0 Å². The number of piperidine rings is 1. The summed E-state index contributed by atoms with van der Waals surface area (Å²) in [7, 11) is 0. The van der Waals surface area contributed by atoms with Crippen LogP contribution in [-0.4, -0.2) is 32.1 Å². The Morgan fingerprint density at radius 3 is 2.70 bits per heavy atom. The van der Waals surface area contributed by atoms with Gasteiger partial charge < -0.3 is 4.90 Å². The van der Waals surface area contributed by atoms with E-state index >= 15 is 0 Å². The number of thiazole rings is 1. The van der Waals surface area contributed by atoms with Crippen molar-refractivity contribution in [3.8, 4) is 0 Å². The van der Waals surface area contributed by atoms with Crippen LogP contribution in [0.15, 0.2) is 41.9 Å². The van der Waals surface area contributed by atoms with Crippen LogP contribution in [0, 0.1) is 13.8 Å². The number of aromatic nitrogens is 3. The standard InChI is InChI=1S/C21H24N4OS/c1-15-13-16(2)25(23-15)14-17-6-8-18(9-7-17)21(26)24-11-4-3-5-19(24)20-22-10-12-27-20/h6-10,12-13,19H,3-5,11,14H2,1-2H3/t19-/m0/s1. The lowest BCUT2D eigenvalue weighted by Gasteiger charge is -2.34. The molecule has 140 valence electrons. The van der Waals surface area contributed by atoms with Crippen LogP contribution in [0.3, 0.4) is 0 Å². The molecule has 0 aliphatic carbocycles. The Labute approximate surface area is 163 Å². The maximum absolute atomic E-state index is 13.1. The number of rotatable bonds is 4. The molecule has 1 atom stereocenters. The second-order valence-electron chi connectivity index (χ2n) is 7.16. The Morgan fingerprint density at radius 2 is 2.04 bits per heavy atom. The third-order valence-electron chi connectivity index (χ3n) is 5.14. The van der Waals surface area contributed by atoms with Crippen molar-refractivity contribution in [2.24, 2.45) is 0 Å². The van der Waals surface area contributed by atoms with Crippen molar-refractivity contribution < 1.29 is 4.79 Å². The highest BCUT2D eigenvalue weighted by molar-refractivity contribution is 7.09. The molecular formula is C21H24N4OS. The molecule has 1 saturated heterocycles. The highest BCUT2D eigenvalue weighted by atomic mass is 32.1. The predicted molar refractivity (Wildman–Crippen MR) is 107 cm³/mol. The van der Waals surface area contributed by atoms with Gasteiger partial charge in [0.25, 0.3) is 5.91 Å². The molecule has 3 heterocycles. The average Bonchev–Trinajstić information content (AvgIpc) is 3.32. The van der Waals surface area contributed by atoms with Crippen LogP contribution < -0.4 is 0 Å². The molecule has 4 rings (SSSR count). The Balaban J connectivity index is 1.50. The van der Waals surface area contributed by atoms with Crippen molar-refractivity contribution in [2.45, 2.75) is 45.7 Å². The molecule has 0 spiro atoms. The monoisotopic (exact) mass is 380 g/mol. The van der Waals surface area contributed by atoms with Crippen LogP contribution >= 0.6 is 11.3 Å². The lowest BCUT2D eigenvalue weighted by molar-refractivity contribution is 0.0611. The first-order valence-electron chi connectivity index (χ1n) is 9.42. The Hall–Kier alpha value is -2.47. The Morgan fingerprint density at radius 1 is 1.22 bits per heavy atom. The number of aryl methyl sites for hydroxylation is 2. The van der Waals surface area contributed by atoms with E-state index in [1.54, 1.807) is 11.3 Å². The van der Waals surface area contributed by atoms with Crippen molar-refractivity contribution in [3.05, 3.63) is 69.4 Å². The Bertz CT molecular complexity index is 914.